The van der Waals surface area contributed by atoms with Gasteiger partial charge < -0.3 is 5.11 Å². The lowest BCUT2D eigenvalue weighted by Gasteiger charge is -2.28. The van der Waals surface area contributed by atoms with Crippen molar-refractivity contribution in [2.24, 2.45) is 0 Å². The molecule has 1 fully saturated rings. The van der Waals surface area contributed by atoms with Crippen molar-refractivity contribution in [2.75, 3.05) is 13.2 Å². The first kappa shape index (κ1) is 16.0. The largest absolute Gasteiger partial charge is 0.395 e. The predicted molar refractivity (Wildman–Crippen MR) is 79.7 cm³/mol. The number of halogens is 2. The highest BCUT2D eigenvalue weighted by Gasteiger charge is 2.33. The Morgan fingerprint density at radius 1 is 1.25 bits per heavy atom. The molecule has 1 heterocycles. The smallest absolute Gasteiger partial charge is 0.244 e. The summed E-state index contributed by atoms with van der Waals surface area (Å²) in [6.45, 7) is 0.216. The molecule has 1 atom stereocenters. The molecule has 0 bridgehead atoms. The van der Waals surface area contributed by atoms with E-state index in [-0.39, 0.29) is 16.5 Å². The number of nitrogens with zero attached hydrogens (tertiary/aromatic N) is 1. The maximum atomic E-state index is 12.8. The van der Waals surface area contributed by atoms with E-state index in [1.165, 1.54) is 16.4 Å². The fourth-order valence-electron chi connectivity index (χ4n) is 2.45. The highest BCUT2D eigenvalue weighted by molar-refractivity contribution is 7.89. The van der Waals surface area contributed by atoms with Gasteiger partial charge in [-0.05, 0) is 31.0 Å². The van der Waals surface area contributed by atoms with Crippen LogP contribution in [-0.4, -0.2) is 37.0 Å². The van der Waals surface area contributed by atoms with E-state index in [0.29, 0.717) is 18.0 Å². The van der Waals surface area contributed by atoms with E-state index in [1.807, 2.05) is 0 Å². The van der Waals surface area contributed by atoms with Crippen molar-refractivity contribution < 1.29 is 13.5 Å². The fourth-order valence-corrected chi connectivity index (χ4v) is 4.87. The summed E-state index contributed by atoms with van der Waals surface area (Å²) >= 11 is 11.9. The minimum atomic E-state index is -3.74. The molecule has 0 radical (unpaired) electrons. The van der Waals surface area contributed by atoms with Gasteiger partial charge in [-0.25, -0.2) is 8.42 Å². The zero-order chi connectivity index (χ0) is 14.8. The van der Waals surface area contributed by atoms with Crippen LogP contribution in [0.25, 0.3) is 0 Å². The van der Waals surface area contributed by atoms with Gasteiger partial charge in [-0.3, -0.25) is 0 Å². The van der Waals surface area contributed by atoms with Gasteiger partial charge in [0.1, 0.15) is 4.90 Å². The molecule has 1 aromatic carbocycles. The van der Waals surface area contributed by atoms with Gasteiger partial charge in [0.25, 0.3) is 0 Å². The predicted octanol–water partition coefficient (Wildman–Crippen LogP) is 2.92. The highest BCUT2D eigenvalue weighted by Crippen LogP contribution is 2.30. The maximum Gasteiger partial charge on any atom is 0.244 e. The molecule has 1 saturated heterocycles. The van der Waals surface area contributed by atoms with Crippen molar-refractivity contribution in [1.82, 2.24) is 4.31 Å². The SMILES string of the molecule is O=S(=O)(c1cc(Cl)ccc1Cl)N1CCCCCC1CO. The summed E-state index contributed by atoms with van der Waals surface area (Å²) in [5.41, 5.74) is 0. The zero-order valence-electron chi connectivity index (χ0n) is 10.9. The Morgan fingerprint density at radius 2 is 2.00 bits per heavy atom. The van der Waals surface area contributed by atoms with Crippen LogP contribution >= 0.6 is 23.2 Å². The first-order chi connectivity index (χ1) is 9.46. The van der Waals surface area contributed by atoms with Gasteiger partial charge in [0, 0.05) is 17.6 Å². The number of aliphatic hydroxyl groups excluding tert-OH is 1. The second-order valence-electron chi connectivity index (χ2n) is 4.88. The summed E-state index contributed by atoms with van der Waals surface area (Å²) in [5.74, 6) is 0. The van der Waals surface area contributed by atoms with Crippen LogP contribution in [0.3, 0.4) is 0 Å². The number of benzene rings is 1. The van der Waals surface area contributed by atoms with Gasteiger partial charge in [0.05, 0.1) is 11.6 Å². The van der Waals surface area contributed by atoms with E-state index in [0.717, 1.165) is 19.3 Å². The van der Waals surface area contributed by atoms with E-state index in [2.05, 4.69) is 0 Å². The van der Waals surface area contributed by atoms with Crippen LogP contribution in [0.2, 0.25) is 10.0 Å². The molecule has 0 amide bonds. The Kier molecular flexibility index (Phi) is 5.31. The van der Waals surface area contributed by atoms with Crippen LogP contribution in [0.1, 0.15) is 25.7 Å². The van der Waals surface area contributed by atoms with Crippen molar-refractivity contribution in [3.05, 3.63) is 28.2 Å². The van der Waals surface area contributed by atoms with E-state index in [9.17, 15) is 13.5 Å². The van der Waals surface area contributed by atoms with Gasteiger partial charge >= 0.3 is 0 Å². The Bertz CT molecular complexity index is 577. The standard InChI is InChI=1S/C13H17Cl2NO3S/c14-10-5-6-12(15)13(8-10)20(18,19)16-7-3-1-2-4-11(16)9-17/h5-6,8,11,17H,1-4,7,9H2. The first-order valence-corrected chi connectivity index (χ1v) is 8.74. The number of aliphatic hydroxyl groups is 1. The molecular formula is C13H17Cl2NO3S. The number of rotatable bonds is 3. The lowest BCUT2D eigenvalue weighted by Crippen LogP contribution is -2.42. The second kappa shape index (κ2) is 6.62. The normalized spacial score (nSPS) is 21.6. The van der Waals surface area contributed by atoms with Crippen molar-refractivity contribution in [2.45, 2.75) is 36.6 Å². The van der Waals surface area contributed by atoms with E-state index < -0.39 is 16.1 Å². The van der Waals surface area contributed by atoms with Crippen LogP contribution in [0.5, 0.6) is 0 Å². The minimum absolute atomic E-state index is 0.00650. The Balaban J connectivity index is 2.44. The van der Waals surface area contributed by atoms with E-state index in [4.69, 9.17) is 23.2 Å². The van der Waals surface area contributed by atoms with Crippen molar-refractivity contribution in [3.63, 3.8) is 0 Å². The molecule has 4 nitrogen and oxygen atoms in total. The molecule has 2 rings (SSSR count). The molecule has 0 aromatic heterocycles. The van der Waals surface area contributed by atoms with Crippen molar-refractivity contribution in [1.29, 1.82) is 0 Å². The summed E-state index contributed by atoms with van der Waals surface area (Å²) in [7, 11) is -3.74. The molecule has 112 valence electrons. The monoisotopic (exact) mass is 337 g/mol. The Labute approximate surface area is 129 Å². The molecule has 1 aliphatic rings. The summed E-state index contributed by atoms with van der Waals surface area (Å²) in [5, 5.41) is 9.93. The van der Waals surface area contributed by atoms with Gasteiger partial charge in [-0.1, -0.05) is 36.0 Å². The van der Waals surface area contributed by atoms with Gasteiger partial charge in [-0.2, -0.15) is 4.31 Å². The first-order valence-electron chi connectivity index (χ1n) is 6.54. The lowest BCUT2D eigenvalue weighted by atomic mass is 10.1. The molecular weight excluding hydrogens is 321 g/mol. The van der Waals surface area contributed by atoms with Gasteiger partial charge in [0.15, 0.2) is 0 Å². The molecule has 20 heavy (non-hydrogen) atoms. The molecule has 1 unspecified atom stereocenters. The maximum absolute atomic E-state index is 12.8. The molecule has 7 heteroatoms. The van der Waals surface area contributed by atoms with Crippen molar-refractivity contribution in [3.8, 4) is 0 Å². The van der Waals surface area contributed by atoms with Gasteiger partial charge in [-0.15, -0.1) is 0 Å². The third kappa shape index (κ3) is 3.28. The summed E-state index contributed by atoms with van der Waals surface area (Å²) in [6, 6.07) is 3.99. The molecule has 0 saturated carbocycles. The topological polar surface area (TPSA) is 57.6 Å². The van der Waals surface area contributed by atoms with Crippen LogP contribution < -0.4 is 0 Å². The Hall–Kier alpha value is -0.330. The van der Waals surface area contributed by atoms with Crippen molar-refractivity contribution >= 4 is 33.2 Å². The third-order valence-electron chi connectivity index (χ3n) is 3.51. The zero-order valence-corrected chi connectivity index (χ0v) is 13.3. The van der Waals surface area contributed by atoms with Gasteiger partial charge in [0.2, 0.25) is 10.0 Å². The minimum Gasteiger partial charge on any atom is -0.395 e. The number of hydrogen-bond donors (Lipinski definition) is 1. The average Bonchev–Trinajstić information content (AvgIpc) is 2.66. The molecule has 0 spiro atoms. The van der Waals surface area contributed by atoms with E-state index in [1.54, 1.807) is 6.07 Å². The molecule has 1 aliphatic heterocycles. The van der Waals surface area contributed by atoms with Crippen LogP contribution in [0, 0.1) is 0 Å². The Morgan fingerprint density at radius 3 is 2.70 bits per heavy atom. The fraction of sp³-hybridized carbons (Fsp3) is 0.538. The summed E-state index contributed by atoms with van der Waals surface area (Å²) in [6.07, 6.45) is 3.33. The van der Waals surface area contributed by atoms with E-state index >= 15 is 0 Å². The summed E-state index contributed by atoms with van der Waals surface area (Å²) < 4.78 is 26.9. The van der Waals surface area contributed by atoms with Crippen LogP contribution in [-0.2, 0) is 10.0 Å². The molecule has 1 aromatic rings. The summed E-state index contributed by atoms with van der Waals surface area (Å²) in [4.78, 5) is 0.00650. The highest BCUT2D eigenvalue weighted by atomic mass is 35.5. The lowest BCUT2D eigenvalue weighted by molar-refractivity contribution is 0.186. The number of hydrogen-bond acceptors (Lipinski definition) is 3. The van der Waals surface area contributed by atoms with Crippen LogP contribution in [0.4, 0.5) is 0 Å². The quantitative estimate of drug-likeness (QED) is 0.922. The van der Waals surface area contributed by atoms with Crippen LogP contribution in [0.15, 0.2) is 23.1 Å². The molecule has 0 aliphatic carbocycles. The number of sulfonamides is 1. The third-order valence-corrected chi connectivity index (χ3v) is 6.18. The average molecular weight is 338 g/mol. The molecule has 1 N–H and O–H groups in total. The second-order valence-corrected chi connectivity index (χ2v) is 7.58.